The predicted octanol–water partition coefficient (Wildman–Crippen LogP) is 2.70. The van der Waals surface area contributed by atoms with Crippen LogP contribution in [0.4, 0.5) is 10.5 Å². The van der Waals surface area contributed by atoms with Gasteiger partial charge in [0.1, 0.15) is 0 Å². The molecule has 2 saturated heterocycles. The summed E-state index contributed by atoms with van der Waals surface area (Å²) < 4.78 is 1.82. The third-order valence-electron chi connectivity index (χ3n) is 6.02. The molecule has 0 radical (unpaired) electrons. The zero-order valence-corrected chi connectivity index (χ0v) is 16.4. The van der Waals surface area contributed by atoms with Crippen molar-refractivity contribution in [1.29, 1.82) is 0 Å². The number of rotatable bonds is 4. The van der Waals surface area contributed by atoms with Crippen LogP contribution in [0.1, 0.15) is 32.3 Å². The molecule has 0 saturated carbocycles. The number of β-lactam (4-membered cyclic amide) rings is 1. The molecule has 1 atom stereocenters. The summed E-state index contributed by atoms with van der Waals surface area (Å²) in [5.74, 6) is 0.565. The molecule has 1 aromatic carbocycles. The minimum absolute atomic E-state index is 0.0883. The van der Waals surface area contributed by atoms with Gasteiger partial charge in [-0.15, -0.1) is 0 Å². The summed E-state index contributed by atoms with van der Waals surface area (Å²) in [6.07, 6.45) is 5.36. The van der Waals surface area contributed by atoms with Gasteiger partial charge < -0.3 is 15.5 Å². The number of nitrogens with zero attached hydrogens (tertiary/aromatic N) is 3. The second kappa shape index (κ2) is 7.30. The van der Waals surface area contributed by atoms with Gasteiger partial charge in [-0.1, -0.05) is 30.3 Å². The van der Waals surface area contributed by atoms with Gasteiger partial charge in [0, 0.05) is 25.3 Å². The lowest BCUT2D eigenvalue weighted by Crippen LogP contribution is -2.68. The molecule has 2 N–H and O–H groups in total. The molecule has 1 aromatic heterocycles. The third kappa shape index (κ3) is 3.61. The van der Waals surface area contributed by atoms with Crippen LogP contribution in [-0.2, 0) is 11.3 Å². The summed E-state index contributed by atoms with van der Waals surface area (Å²) in [7, 11) is 0. The highest BCUT2D eigenvalue weighted by Crippen LogP contribution is 2.38. The fourth-order valence-electron chi connectivity index (χ4n) is 4.20. The van der Waals surface area contributed by atoms with Gasteiger partial charge in [-0.25, -0.2) is 4.79 Å². The zero-order valence-electron chi connectivity index (χ0n) is 16.4. The molecule has 0 aliphatic carbocycles. The molecule has 2 aliphatic heterocycles. The Morgan fingerprint density at radius 1 is 1.25 bits per heavy atom. The Labute approximate surface area is 165 Å². The molecule has 2 aromatic rings. The van der Waals surface area contributed by atoms with Gasteiger partial charge in [-0.3, -0.25) is 9.48 Å². The molecule has 7 nitrogen and oxygen atoms in total. The number of urea groups is 1. The van der Waals surface area contributed by atoms with E-state index in [1.54, 1.807) is 6.20 Å². The highest BCUT2D eigenvalue weighted by molar-refractivity contribution is 5.90. The van der Waals surface area contributed by atoms with Crippen LogP contribution < -0.4 is 10.6 Å². The quantitative estimate of drug-likeness (QED) is 0.799. The van der Waals surface area contributed by atoms with Crippen molar-refractivity contribution < 1.29 is 9.59 Å². The fraction of sp³-hybridized carbons (Fsp3) is 0.476. The summed E-state index contributed by atoms with van der Waals surface area (Å²) in [5.41, 5.74) is 1.58. The van der Waals surface area contributed by atoms with Gasteiger partial charge in [0.15, 0.2) is 0 Å². The molecule has 3 amide bonds. The van der Waals surface area contributed by atoms with Gasteiger partial charge in [0.25, 0.3) is 0 Å². The average molecular weight is 381 g/mol. The molecular weight excluding hydrogens is 354 g/mol. The molecule has 1 unspecified atom stereocenters. The Bertz CT molecular complexity index is 853. The van der Waals surface area contributed by atoms with Crippen molar-refractivity contribution in [1.82, 2.24) is 20.0 Å². The first-order valence-corrected chi connectivity index (χ1v) is 9.87. The first-order chi connectivity index (χ1) is 13.4. The molecule has 0 bridgehead atoms. The molecule has 2 fully saturated rings. The smallest absolute Gasteiger partial charge is 0.321 e. The number of carbonyl (C=O) groups excluding carboxylic acids is 2. The molecule has 148 valence electrons. The number of nitrogens with one attached hydrogen (secondary N) is 2. The Morgan fingerprint density at radius 2 is 1.96 bits per heavy atom. The minimum atomic E-state index is -0.289. The lowest BCUT2D eigenvalue weighted by atomic mass is 9.68. The van der Waals surface area contributed by atoms with Gasteiger partial charge >= 0.3 is 6.03 Å². The molecule has 7 heteroatoms. The summed E-state index contributed by atoms with van der Waals surface area (Å²) in [4.78, 5) is 26.1. The van der Waals surface area contributed by atoms with Gasteiger partial charge in [0.05, 0.1) is 23.8 Å². The molecule has 0 spiro atoms. The monoisotopic (exact) mass is 381 g/mol. The average Bonchev–Trinajstić information content (AvgIpc) is 3.13. The lowest BCUT2D eigenvalue weighted by Gasteiger charge is -2.50. The van der Waals surface area contributed by atoms with Crippen molar-refractivity contribution in [3.8, 4) is 0 Å². The lowest BCUT2D eigenvalue weighted by molar-refractivity contribution is -0.146. The summed E-state index contributed by atoms with van der Waals surface area (Å²) in [5, 5.41) is 10.3. The van der Waals surface area contributed by atoms with Crippen molar-refractivity contribution in [2.45, 2.75) is 39.3 Å². The minimum Gasteiger partial charge on any atom is -0.351 e. The summed E-state index contributed by atoms with van der Waals surface area (Å²) in [6, 6.07) is 10.2. The molecule has 3 heterocycles. The first-order valence-electron chi connectivity index (χ1n) is 9.87. The summed E-state index contributed by atoms with van der Waals surface area (Å²) >= 11 is 0. The highest BCUT2D eigenvalue weighted by Gasteiger charge is 2.51. The van der Waals surface area contributed by atoms with E-state index in [-0.39, 0.29) is 23.4 Å². The van der Waals surface area contributed by atoms with Crippen molar-refractivity contribution in [3.63, 3.8) is 0 Å². The standard InChI is InChI=1S/C21H27N5O2/c1-21(2)18(24-19(21)27)16-8-10-25(11-9-16)20(28)23-17-12-22-26(14-17)13-15-6-4-3-5-7-15/h3-7,12,14,16,18H,8-11,13H2,1-2H3,(H,23,28)(H,24,27). The van der Waals surface area contributed by atoms with Crippen LogP contribution in [0.3, 0.4) is 0 Å². The normalized spacial score (nSPS) is 21.7. The van der Waals surface area contributed by atoms with E-state index in [4.69, 9.17) is 0 Å². The SMILES string of the molecule is CC1(C)C(=O)NC1C1CCN(C(=O)Nc2cnn(Cc3ccccc3)c2)CC1. The molecular formula is C21H27N5O2. The number of amides is 3. The van der Waals surface area contributed by atoms with Crippen LogP contribution >= 0.6 is 0 Å². The Balaban J connectivity index is 1.28. The largest absolute Gasteiger partial charge is 0.351 e. The van der Waals surface area contributed by atoms with Gasteiger partial charge in [-0.05, 0) is 38.2 Å². The molecule has 4 rings (SSSR count). The van der Waals surface area contributed by atoms with Crippen molar-refractivity contribution in [2.24, 2.45) is 11.3 Å². The predicted molar refractivity (Wildman–Crippen MR) is 107 cm³/mol. The number of piperidine rings is 1. The first kappa shape index (κ1) is 18.5. The van der Waals surface area contributed by atoms with E-state index in [0.717, 1.165) is 18.4 Å². The van der Waals surface area contributed by atoms with Crippen molar-refractivity contribution >= 4 is 17.6 Å². The number of hydrogen-bond donors (Lipinski definition) is 2. The number of benzene rings is 1. The van der Waals surface area contributed by atoms with E-state index in [0.29, 0.717) is 31.2 Å². The second-order valence-electron chi connectivity index (χ2n) is 8.34. The van der Waals surface area contributed by atoms with E-state index in [1.165, 1.54) is 0 Å². The Kier molecular flexibility index (Phi) is 4.83. The number of carbonyl (C=O) groups is 2. The number of aromatic nitrogens is 2. The Hall–Kier alpha value is -2.83. The van der Waals surface area contributed by atoms with E-state index in [9.17, 15) is 9.59 Å². The van der Waals surface area contributed by atoms with Crippen LogP contribution in [0.15, 0.2) is 42.7 Å². The maximum atomic E-state index is 12.6. The van der Waals surface area contributed by atoms with Gasteiger partial charge in [0.2, 0.25) is 5.91 Å². The molecule has 2 aliphatic rings. The van der Waals surface area contributed by atoms with Gasteiger partial charge in [-0.2, -0.15) is 5.10 Å². The fourth-order valence-corrected chi connectivity index (χ4v) is 4.20. The second-order valence-corrected chi connectivity index (χ2v) is 8.34. The van der Waals surface area contributed by atoms with E-state index in [1.807, 2.05) is 47.8 Å². The maximum Gasteiger partial charge on any atom is 0.321 e. The van der Waals surface area contributed by atoms with Crippen molar-refractivity contribution in [2.75, 3.05) is 18.4 Å². The highest BCUT2D eigenvalue weighted by atomic mass is 16.2. The van der Waals surface area contributed by atoms with Crippen LogP contribution in [0.2, 0.25) is 0 Å². The van der Waals surface area contributed by atoms with Crippen LogP contribution in [0, 0.1) is 11.3 Å². The zero-order chi connectivity index (χ0) is 19.7. The third-order valence-corrected chi connectivity index (χ3v) is 6.02. The van der Waals surface area contributed by atoms with Crippen LogP contribution in [0.25, 0.3) is 0 Å². The summed E-state index contributed by atoms with van der Waals surface area (Å²) in [6.45, 7) is 6.09. The van der Waals surface area contributed by atoms with E-state index >= 15 is 0 Å². The van der Waals surface area contributed by atoms with Crippen LogP contribution in [0.5, 0.6) is 0 Å². The number of likely N-dealkylation sites (tertiary alicyclic amines) is 1. The van der Waals surface area contributed by atoms with E-state index in [2.05, 4.69) is 27.9 Å². The maximum absolute atomic E-state index is 12.6. The topological polar surface area (TPSA) is 79.3 Å². The number of anilines is 1. The van der Waals surface area contributed by atoms with Crippen LogP contribution in [-0.4, -0.2) is 45.8 Å². The van der Waals surface area contributed by atoms with E-state index < -0.39 is 0 Å². The number of hydrogen-bond acceptors (Lipinski definition) is 3. The van der Waals surface area contributed by atoms with Crippen molar-refractivity contribution in [3.05, 3.63) is 48.3 Å². The molecule has 28 heavy (non-hydrogen) atoms. The Morgan fingerprint density at radius 3 is 2.61 bits per heavy atom.